The lowest BCUT2D eigenvalue weighted by Crippen LogP contribution is -2.51. The van der Waals surface area contributed by atoms with Gasteiger partial charge in [0.1, 0.15) is 5.41 Å². The Kier molecular flexibility index (Phi) is 5.00. The van der Waals surface area contributed by atoms with Crippen LogP contribution in [0.4, 0.5) is 0 Å². The van der Waals surface area contributed by atoms with Crippen molar-refractivity contribution in [2.45, 2.75) is 38.6 Å². The highest BCUT2D eigenvalue weighted by molar-refractivity contribution is 5.86. The summed E-state index contributed by atoms with van der Waals surface area (Å²) in [5.74, 6) is 0.561. The van der Waals surface area contributed by atoms with Crippen LogP contribution in [-0.4, -0.2) is 50.3 Å². The number of amides is 1. The zero-order chi connectivity index (χ0) is 14.6. The van der Waals surface area contributed by atoms with E-state index < -0.39 is 5.41 Å². The lowest BCUT2D eigenvalue weighted by Gasteiger charge is -2.38. The number of hydrogen-bond donors (Lipinski definition) is 0. The molecule has 1 aliphatic carbocycles. The molecule has 1 saturated carbocycles. The quantitative estimate of drug-likeness (QED) is 0.741. The van der Waals surface area contributed by atoms with Crippen LogP contribution in [0.5, 0.6) is 0 Å². The summed E-state index contributed by atoms with van der Waals surface area (Å²) in [6, 6.07) is 2.48. The number of hydrogen-bond acceptors (Lipinski definition) is 4. The van der Waals surface area contributed by atoms with Crippen LogP contribution in [0.1, 0.15) is 32.6 Å². The third-order valence-corrected chi connectivity index (χ3v) is 4.56. The summed E-state index contributed by atoms with van der Waals surface area (Å²) >= 11 is 0. The van der Waals surface area contributed by atoms with E-state index in [0.717, 1.165) is 0 Å². The highest BCUT2D eigenvalue weighted by atomic mass is 16.5. The molecular formula is C15H24N2O3. The van der Waals surface area contributed by atoms with E-state index in [9.17, 15) is 10.1 Å². The van der Waals surface area contributed by atoms with Crippen molar-refractivity contribution >= 4 is 5.91 Å². The zero-order valence-electron chi connectivity index (χ0n) is 12.4. The fraction of sp³-hybridized carbons (Fsp3) is 0.867. The molecule has 2 rings (SSSR count). The molecule has 1 atom stereocenters. The Morgan fingerprint density at radius 3 is 2.65 bits per heavy atom. The minimum absolute atomic E-state index is 0.0280. The number of carbonyl (C=O) groups is 1. The van der Waals surface area contributed by atoms with Crippen LogP contribution < -0.4 is 0 Å². The van der Waals surface area contributed by atoms with Gasteiger partial charge in [-0.3, -0.25) is 4.79 Å². The van der Waals surface area contributed by atoms with Gasteiger partial charge in [0.25, 0.3) is 0 Å². The second kappa shape index (κ2) is 6.55. The maximum Gasteiger partial charge on any atom is 0.243 e. The molecule has 0 aromatic rings. The summed E-state index contributed by atoms with van der Waals surface area (Å²) in [5.41, 5.74) is -0.894. The number of rotatable bonds is 6. The van der Waals surface area contributed by atoms with E-state index in [1.165, 1.54) is 12.8 Å². The summed E-state index contributed by atoms with van der Waals surface area (Å²) in [5, 5.41) is 9.54. The van der Waals surface area contributed by atoms with Crippen LogP contribution in [0, 0.1) is 22.7 Å². The highest BCUT2D eigenvalue weighted by Crippen LogP contribution is 2.38. The first kappa shape index (κ1) is 15.3. The second-order valence-corrected chi connectivity index (χ2v) is 5.88. The van der Waals surface area contributed by atoms with E-state index in [0.29, 0.717) is 45.1 Å². The van der Waals surface area contributed by atoms with E-state index in [4.69, 9.17) is 9.47 Å². The number of ether oxygens (including phenoxy) is 2. The standard InChI is InChI=1S/C15H24N2O3/c1-12(13-3-4-13)17(7-10-19-2)14(18)15(11-16)5-8-20-9-6-15/h12-13H,3-10H2,1-2H3. The van der Waals surface area contributed by atoms with Crippen molar-refractivity contribution in [2.24, 2.45) is 11.3 Å². The molecule has 1 amide bonds. The van der Waals surface area contributed by atoms with E-state index in [2.05, 4.69) is 13.0 Å². The maximum absolute atomic E-state index is 12.9. The Morgan fingerprint density at radius 1 is 1.50 bits per heavy atom. The van der Waals surface area contributed by atoms with Gasteiger partial charge >= 0.3 is 0 Å². The summed E-state index contributed by atoms with van der Waals surface area (Å²) in [6.45, 7) is 4.16. The lowest BCUT2D eigenvalue weighted by atomic mass is 9.80. The first-order chi connectivity index (χ1) is 9.64. The summed E-state index contributed by atoms with van der Waals surface area (Å²) in [4.78, 5) is 14.8. The topological polar surface area (TPSA) is 62.6 Å². The predicted molar refractivity (Wildman–Crippen MR) is 73.9 cm³/mol. The lowest BCUT2D eigenvalue weighted by molar-refractivity contribution is -0.146. The van der Waals surface area contributed by atoms with Crippen molar-refractivity contribution in [1.29, 1.82) is 5.26 Å². The van der Waals surface area contributed by atoms with Gasteiger partial charge in [0.15, 0.2) is 0 Å². The minimum Gasteiger partial charge on any atom is -0.383 e. The molecule has 0 N–H and O–H groups in total. The van der Waals surface area contributed by atoms with Crippen molar-refractivity contribution in [2.75, 3.05) is 33.5 Å². The van der Waals surface area contributed by atoms with Gasteiger partial charge in [0.2, 0.25) is 5.91 Å². The number of nitriles is 1. The monoisotopic (exact) mass is 280 g/mol. The van der Waals surface area contributed by atoms with Gasteiger partial charge in [0, 0.05) is 32.9 Å². The Labute approximate surface area is 120 Å². The molecule has 2 aliphatic rings. The SMILES string of the molecule is COCCN(C(=O)C1(C#N)CCOCC1)C(C)C1CC1. The van der Waals surface area contributed by atoms with Crippen LogP contribution in [-0.2, 0) is 14.3 Å². The van der Waals surface area contributed by atoms with Gasteiger partial charge in [-0.25, -0.2) is 0 Å². The van der Waals surface area contributed by atoms with Crippen LogP contribution in [0.2, 0.25) is 0 Å². The summed E-state index contributed by atoms with van der Waals surface area (Å²) in [7, 11) is 1.64. The molecule has 0 bridgehead atoms. The molecule has 5 heteroatoms. The van der Waals surface area contributed by atoms with E-state index >= 15 is 0 Å². The molecule has 1 saturated heterocycles. The summed E-state index contributed by atoms with van der Waals surface area (Å²) in [6.07, 6.45) is 3.37. The summed E-state index contributed by atoms with van der Waals surface area (Å²) < 4.78 is 10.4. The average molecular weight is 280 g/mol. The molecule has 0 spiro atoms. The maximum atomic E-state index is 12.9. The molecule has 20 heavy (non-hydrogen) atoms. The van der Waals surface area contributed by atoms with Gasteiger partial charge < -0.3 is 14.4 Å². The van der Waals surface area contributed by atoms with Crippen molar-refractivity contribution < 1.29 is 14.3 Å². The smallest absolute Gasteiger partial charge is 0.243 e. The van der Waals surface area contributed by atoms with Gasteiger partial charge in [-0.1, -0.05) is 0 Å². The largest absolute Gasteiger partial charge is 0.383 e. The third-order valence-electron chi connectivity index (χ3n) is 4.56. The molecule has 2 fully saturated rings. The molecule has 0 aromatic heterocycles. The first-order valence-electron chi connectivity index (χ1n) is 7.43. The highest BCUT2D eigenvalue weighted by Gasteiger charge is 2.46. The molecule has 0 radical (unpaired) electrons. The van der Waals surface area contributed by atoms with Crippen LogP contribution >= 0.6 is 0 Å². The number of methoxy groups -OCH3 is 1. The molecule has 112 valence electrons. The van der Waals surface area contributed by atoms with E-state index in [-0.39, 0.29) is 11.9 Å². The molecular weight excluding hydrogens is 256 g/mol. The molecule has 1 heterocycles. The first-order valence-corrected chi connectivity index (χ1v) is 7.43. The fourth-order valence-corrected chi connectivity index (χ4v) is 2.88. The van der Waals surface area contributed by atoms with Crippen molar-refractivity contribution in [3.63, 3.8) is 0 Å². The van der Waals surface area contributed by atoms with Crippen molar-refractivity contribution in [3.8, 4) is 6.07 Å². The predicted octanol–water partition coefficient (Wildman–Crippen LogP) is 1.58. The Balaban J connectivity index is 2.13. The van der Waals surface area contributed by atoms with E-state index in [1.807, 2.05) is 4.90 Å². The number of nitrogens with zero attached hydrogens (tertiary/aromatic N) is 2. The van der Waals surface area contributed by atoms with E-state index in [1.54, 1.807) is 7.11 Å². The Morgan fingerprint density at radius 2 is 2.15 bits per heavy atom. The van der Waals surface area contributed by atoms with Crippen LogP contribution in [0.3, 0.4) is 0 Å². The normalized spacial score (nSPS) is 22.9. The van der Waals surface area contributed by atoms with Crippen molar-refractivity contribution in [1.82, 2.24) is 4.90 Å². The molecule has 1 aliphatic heterocycles. The Hall–Kier alpha value is -1.12. The van der Waals surface area contributed by atoms with Crippen molar-refractivity contribution in [3.05, 3.63) is 0 Å². The Bertz CT molecular complexity index is 381. The number of carbonyl (C=O) groups excluding carboxylic acids is 1. The zero-order valence-corrected chi connectivity index (χ0v) is 12.4. The second-order valence-electron chi connectivity index (χ2n) is 5.88. The fourth-order valence-electron chi connectivity index (χ4n) is 2.88. The molecule has 5 nitrogen and oxygen atoms in total. The third kappa shape index (κ3) is 3.13. The average Bonchev–Trinajstić information content (AvgIpc) is 3.32. The van der Waals surface area contributed by atoms with Gasteiger partial charge in [-0.2, -0.15) is 5.26 Å². The van der Waals surface area contributed by atoms with Crippen LogP contribution in [0.25, 0.3) is 0 Å². The minimum atomic E-state index is -0.894. The van der Waals surface area contributed by atoms with Gasteiger partial charge in [0.05, 0.1) is 12.7 Å². The molecule has 1 unspecified atom stereocenters. The van der Waals surface area contributed by atoms with Crippen LogP contribution in [0.15, 0.2) is 0 Å². The van der Waals surface area contributed by atoms with Gasteiger partial charge in [-0.15, -0.1) is 0 Å². The molecule has 0 aromatic carbocycles. The van der Waals surface area contributed by atoms with Gasteiger partial charge in [-0.05, 0) is 38.5 Å².